The van der Waals surface area contributed by atoms with Crippen molar-refractivity contribution in [3.8, 4) is 0 Å². The number of nitrogens with zero attached hydrogens (tertiary/aromatic N) is 2. The molecule has 0 saturated carbocycles. The average Bonchev–Trinajstić information content (AvgIpc) is 2.29. The fraction of sp³-hybridized carbons (Fsp3) is 0.923. The molecule has 4 N–H and O–H groups in total. The van der Waals surface area contributed by atoms with Gasteiger partial charge in [-0.3, -0.25) is 9.69 Å². The van der Waals surface area contributed by atoms with Crippen LogP contribution in [0.25, 0.3) is 0 Å². The zero-order chi connectivity index (χ0) is 13.8. The number of carbonyl (C=O) groups excluding carboxylic acids is 1. The molecule has 5 nitrogen and oxygen atoms in total. The Kier molecular flexibility index (Phi) is 5.56. The number of piperazine rings is 1. The first-order valence-electron chi connectivity index (χ1n) is 6.88. The molecular formula is C13H28N4O. The van der Waals surface area contributed by atoms with Crippen molar-refractivity contribution in [3.63, 3.8) is 0 Å². The molecule has 106 valence electrons. The first-order chi connectivity index (χ1) is 8.33. The Morgan fingerprint density at radius 2 is 1.83 bits per heavy atom. The monoisotopic (exact) mass is 256 g/mol. The van der Waals surface area contributed by atoms with Crippen LogP contribution in [0.5, 0.6) is 0 Å². The maximum absolute atomic E-state index is 11.1. The van der Waals surface area contributed by atoms with Gasteiger partial charge in [-0.25, -0.2) is 0 Å². The lowest BCUT2D eigenvalue weighted by Crippen LogP contribution is -2.51. The third-order valence-electron chi connectivity index (χ3n) is 3.87. The summed E-state index contributed by atoms with van der Waals surface area (Å²) in [6.07, 6.45) is 1.59. The lowest BCUT2D eigenvalue weighted by Gasteiger charge is -2.37. The Balaban J connectivity index is 2.21. The van der Waals surface area contributed by atoms with Gasteiger partial charge in [-0.2, -0.15) is 0 Å². The Labute approximate surface area is 110 Å². The van der Waals surface area contributed by atoms with Gasteiger partial charge in [-0.05, 0) is 40.2 Å². The fourth-order valence-corrected chi connectivity index (χ4v) is 2.30. The molecule has 0 radical (unpaired) electrons. The van der Waals surface area contributed by atoms with E-state index in [9.17, 15) is 4.79 Å². The molecule has 1 aliphatic heterocycles. The summed E-state index contributed by atoms with van der Waals surface area (Å²) in [6.45, 7) is 11.7. The van der Waals surface area contributed by atoms with E-state index in [0.717, 1.165) is 39.1 Å². The van der Waals surface area contributed by atoms with Crippen molar-refractivity contribution in [2.24, 2.45) is 11.5 Å². The molecule has 1 unspecified atom stereocenters. The molecule has 1 heterocycles. The normalized spacial score (nSPS) is 22.1. The van der Waals surface area contributed by atoms with Crippen LogP contribution in [-0.4, -0.2) is 60.0 Å². The predicted molar refractivity (Wildman–Crippen MR) is 74.2 cm³/mol. The Hall–Kier alpha value is -0.650. The number of carbonyl (C=O) groups is 1. The maximum atomic E-state index is 11.1. The zero-order valence-corrected chi connectivity index (χ0v) is 12.0. The summed E-state index contributed by atoms with van der Waals surface area (Å²) in [5.41, 5.74) is 10.2. The van der Waals surface area contributed by atoms with E-state index in [1.54, 1.807) is 6.92 Å². The zero-order valence-electron chi connectivity index (χ0n) is 12.0. The van der Waals surface area contributed by atoms with Crippen LogP contribution in [-0.2, 0) is 4.79 Å². The molecule has 5 heteroatoms. The van der Waals surface area contributed by atoms with Crippen molar-refractivity contribution in [2.75, 3.05) is 32.7 Å². The van der Waals surface area contributed by atoms with Crippen LogP contribution in [0, 0.1) is 0 Å². The highest BCUT2D eigenvalue weighted by Crippen LogP contribution is 2.11. The molecule has 0 aliphatic carbocycles. The van der Waals surface area contributed by atoms with E-state index in [1.807, 2.05) is 0 Å². The molecule has 1 fully saturated rings. The molecule has 1 atom stereocenters. The molecule has 0 spiro atoms. The predicted octanol–water partition coefficient (Wildman–Crippen LogP) is -0.00470. The smallest absolute Gasteiger partial charge is 0.237 e. The van der Waals surface area contributed by atoms with E-state index in [0.29, 0.717) is 12.5 Å². The highest BCUT2D eigenvalue weighted by molar-refractivity contribution is 5.83. The second kappa shape index (κ2) is 6.50. The van der Waals surface area contributed by atoms with E-state index in [4.69, 9.17) is 11.5 Å². The minimum Gasteiger partial charge on any atom is -0.368 e. The van der Waals surface area contributed by atoms with Crippen molar-refractivity contribution in [3.05, 3.63) is 0 Å². The Bertz CT molecular complexity index is 270. The fourth-order valence-electron chi connectivity index (χ4n) is 2.30. The van der Waals surface area contributed by atoms with Gasteiger partial charge in [-0.1, -0.05) is 0 Å². The quantitative estimate of drug-likeness (QED) is 0.701. The Morgan fingerprint density at radius 1 is 1.28 bits per heavy atom. The third-order valence-corrected chi connectivity index (χ3v) is 3.87. The lowest BCUT2D eigenvalue weighted by atomic mass is 9.96. The van der Waals surface area contributed by atoms with Crippen LogP contribution in [0.1, 0.15) is 33.6 Å². The number of amides is 1. The Morgan fingerprint density at radius 3 is 2.28 bits per heavy atom. The van der Waals surface area contributed by atoms with E-state index in [-0.39, 0.29) is 0 Å². The van der Waals surface area contributed by atoms with Gasteiger partial charge in [-0.15, -0.1) is 0 Å². The summed E-state index contributed by atoms with van der Waals surface area (Å²) in [5.74, 6) is -0.410. The first-order valence-corrected chi connectivity index (χ1v) is 6.88. The van der Waals surface area contributed by atoms with Gasteiger partial charge in [0.05, 0.1) is 5.54 Å². The van der Waals surface area contributed by atoms with Crippen molar-refractivity contribution in [1.29, 1.82) is 0 Å². The molecule has 0 aromatic rings. The van der Waals surface area contributed by atoms with E-state index in [2.05, 4.69) is 23.6 Å². The minimum absolute atomic E-state index is 0.410. The molecule has 1 rings (SSSR count). The molecule has 1 aliphatic rings. The van der Waals surface area contributed by atoms with Gasteiger partial charge >= 0.3 is 0 Å². The minimum atomic E-state index is -0.861. The topological polar surface area (TPSA) is 75.6 Å². The molecule has 0 aromatic carbocycles. The average molecular weight is 256 g/mol. The van der Waals surface area contributed by atoms with E-state index in [1.165, 1.54) is 0 Å². The highest BCUT2D eigenvalue weighted by Gasteiger charge is 2.25. The summed E-state index contributed by atoms with van der Waals surface area (Å²) in [4.78, 5) is 16.0. The largest absolute Gasteiger partial charge is 0.368 e. The summed E-state index contributed by atoms with van der Waals surface area (Å²) in [5, 5.41) is 0. The molecule has 0 aromatic heterocycles. The van der Waals surface area contributed by atoms with Crippen molar-refractivity contribution in [1.82, 2.24) is 9.80 Å². The number of hydrogen-bond acceptors (Lipinski definition) is 4. The molecular weight excluding hydrogens is 228 g/mol. The first kappa shape index (κ1) is 15.4. The molecule has 0 bridgehead atoms. The third kappa shape index (κ3) is 4.55. The van der Waals surface area contributed by atoms with E-state index >= 15 is 0 Å². The van der Waals surface area contributed by atoms with Gasteiger partial charge < -0.3 is 16.4 Å². The maximum Gasteiger partial charge on any atom is 0.237 e. The van der Waals surface area contributed by atoms with Crippen LogP contribution < -0.4 is 11.5 Å². The van der Waals surface area contributed by atoms with Crippen LogP contribution in [0.15, 0.2) is 0 Å². The summed E-state index contributed by atoms with van der Waals surface area (Å²) in [6, 6.07) is 0.634. The van der Waals surface area contributed by atoms with Crippen molar-refractivity contribution < 1.29 is 4.79 Å². The highest BCUT2D eigenvalue weighted by atomic mass is 16.1. The van der Waals surface area contributed by atoms with Crippen molar-refractivity contribution in [2.45, 2.75) is 45.2 Å². The van der Waals surface area contributed by atoms with Crippen LogP contribution >= 0.6 is 0 Å². The van der Waals surface area contributed by atoms with Crippen molar-refractivity contribution >= 4 is 5.91 Å². The summed E-state index contributed by atoms with van der Waals surface area (Å²) in [7, 11) is 0. The van der Waals surface area contributed by atoms with Gasteiger partial charge in [0.25, 0.3) is 0 Å². The van der Waals surface area contributed by atoms with Crippen LogP contribution in [0.4, 0.5) is 0 Å². The molecule has 1 saturated heterocycles. The molecule has 1 amide bonds. The van der Waals surface area contributed by atoms with Gasteiger partial charge in [0.15, 0.2) is 0 Å². The van der Waals surface area contributed by atoms with Gasteiger partial charge in [0.2, 0.25) is 5.91 Å². The van der Waals surface area contributed by atoms with Crippen LogP contribution in [0.2, 0.25) is 0 Å². The van der Waals surface area contributed by atoms with Gasteiger partial charge in [0, 0.05) is 32.2 Å². The summed E-state index contributed by atoms with van der Waals surface area (Å²) < 4.78 is 0. The molecule has 18 heavy (non-hydrogen) atoms. The number of hydrogen-bond donors (Lipinski definition) is 2. The summed E-state index contributed by atoms with van der Waals surface area (Å²) >= 11 is 0. The SMILES string of the molecule is CC(C)N1CCN(CCCC(C)(N)C(N)=O)CC1. The van der Waals surface area contributed by atoms with Gasteiger partial charge in [0.1, 0.15) is 0 Å². The number of primary amides is 1. The second-order valence-corrected chi connectivity index (χ2v) is 5.86. The number of rotatable bonds is 6. The lowest BCUT2D eigenvalue weighted by molar-refractivity contribution is -0.122. The standard InChI is InChI=1S/C13H28N4O/c1-11(2)17-9-7-16(8-10-17)6-4-5-13(3,15)12(14)18/h11H,4-10,15H2,1-3H3,(H2,14,18). The van der Waals surface area contributed by atoms with Crippen LogP contribution in [0.3, 0.4) is 0 Å². The number of nitrogens with two attached hydrogens (primary N) is 2. The second-order valence-electron chi connectivity index (χ2n) is 5.86. The van der Waals surface area contributed by atoms with E-state index < -0.39 is 11.4 Å².